The molecule has 2 fully saturated rings. The Balaban J connectivity index is 1.61. The van der Waals surface area contributed by atoms with Gasteiger partial charge in [-0.25, -0.2) is 8.78 Å². The number of alkyl halides is 2. The van der Waals surface area contributed by atoms with Crippen LogP contribution >= 0.6 is 0 Å². The zero-order valence-corrected chi connectivity index (χ0v) is 12.6. The lowest BCUT2D eigenvalue weighted by molar-refractivity contribution is -0.139. The molecule has 4 nitrogen and oxygen atoms in total. The van der Waals surface area contributed by atoms with Gasteiger partial charge >= 0.3 is 5.97 Å². The van der Waals surface area contributed by atoms with Crippen molar-refractivity contribution < 1.29 is 23.5 Å². The summed E-state index contributed by atoms with van der Waals surface area (Å²) >= 11 is 0. The normalized spacial score (nSPS) is 26.0. The van der Waals surface area contributed by atoms with Gasteiger partial charge < -0.3 is 10.4 Å². The number of benzene rings is 1. The Kier molecular flexibility index (Phi) is 4.08. The maximum atomic E-state index is 13.0. The average Bonchev–Trinajstić information content (AvgIpc) is 2.46. The number of hydrogen-bond donors (Lipinski definition) is 2. The van der Waals surface area contributed by atoms with E-state index in [1.807, 2.05) is 0 Å². The van der Waals surface area contributed by atoms with Gasteiger partial charge in [-0.1, -0.05) is 12.1 Å². The molecule has 0 spiro atoms. The van der Waals surface area contributed by atoms with Crippen molar-refractivity contribution >= 4 is 11.9 Å². The van der Waals surface area contributed by atoms with E-state index >= 15 is 0 Å². The van der Waals surface area contributed by atoms with E-state index in [2.05, 4.69) is 5.32 Å². The Bertz CT molecular complexity index is 624. The highest BCUT2D eigenvalue weighted by Gasteiger charge is 2.45. The average molecular weight is 323 g/mol. The maximum absolute atomic E-state index is 13.0. The summed E-state index contributed by atoms with van der Waals surface area (Å²) in [6, 6.07) is 6.68. The third-order valence-corrected chi connectivity index (χ3v) is 4.88. The van der Waals surface area contributed by atoms with Crippen LogP contribution in [0.1, 0.15) is 53.9 Å². The van der Waals surface area contributed by atoms with Crippen molar-refractivity contribution in [3.05, 3.63) is 35.4 Å². The number of carbonyl (C=O) groups is 2. The van der Waals surface area contributed by atoms with Crippen LogP contribution in [0.3, 0.4) is 0 Å². The van der Waals surface area contributed by atoms with E-state index in [-0.39, 0.29) is 43.0 Å². The van der Waals surface area contributed by atoms with E-state index in [0.29, 0.717) is 5.56 Å². The predicted molar refractivity (Wildman–Crippen MR) is 79.6 cm³/mol. The van der Waals surface area contributed by atoms with Crippen LogP contribution in [0.25, 0.3) is 0 Å². The second-order valence-electron chi connectivity index (χ2n) is 6.60. The van der Waals surface area contributed by atoms with Crippen molar-refractivity contribution in [2.75, 3.05) is 0 Å². The molecular weight excluding hydrogens is 304 g/mol. The smallest absolute Gasteiger partial charge is 0.303 e. The standard InChI is InChI=1S/C17H19F2NO3/c18-17(19)8-13(9-17)10-2-1-3-12(6-10)16(23)20-14-5-4-11(14)7-15(21)22/h1-3,6,11,13-14H,4-5,7-9H2,(H,20,23)(H,21,22)/t11-,14-/m0/s1. The van der Waals surface area contributed by atoms with Gasteiger partial charge in [0.2, 0.25) is 5.92 Å². The largest absolute Gasteiger partial charge is 0.481 e. The highest BCUT2D eigenvalue weighted by molar-refractivity contribution is 5.94. The molecule has 1 aromatic rings. The van der Waals surface area contributed by atoms with E-state index in [9.17, 15) is 18.4 Å². The van der Waals surface area contributed by atoms with Crippen LogP contribution in [0.4, 0.5) is 8.78 Å². The van der Waals surface area contributed by atoms with E-state index in [1.165, 1.54) is 0 Å². The van der Waals surface area contributed by atoms with Crippen LogP contribution in [0.5, 0.6) is 0 Å². The molecule has 0 bridgehead atoms. The van der Waals surface area contributed by atoms with E-state index in [0.717, 1.165) is 18.4 Å². The van der Waals surface area contributed by atoms with Gasteiger partial charge in [-0.2, -0.15) is 0 Å². The van der Waals surface area contributed by atoms with Crippen LogP contribution in [0.2, 0.25) is 0 Å². The molecule has 124 valence electrons. The first-order valence-corrected chi connectivity index (χ1v) is 7.84. The van der Waals surface area contributed by atoms with E-state index < -0.39 is 11.9 Å². The Morgan fingerprint density at radius 2 is 2.00 bits per heavy atom. The molecule has 6 heteroatoms. The van der Waals surface area contributed by atoms with Gasteiger partial charge in [-0.15, -0.1) is 0 Å². The summed E-state index contributed by atoms with van der Waals surface area (Å²) in [5.74, 6) is -3.93. The summed E-state index contributed by atoms with van der Waals surface area (Å²) in [6.07, 6.45) is 1.30. The number of hydrogen-bond acceptors (Lipinski definition) is 2. The fourth-order valence-corrected chi connectivity index (χ4v) is 3.31. The summed E-state index contributed by atoms with van der Waals surface area (Å²) in [7, 11) is 0. The third kappa shape index (κ3) is 3.51. The molecule has 0 saturated heterocycles. The second kappa shape index (κ2) is 5.91. The lowest BCUT2D eigenvalue weighted by Gasteiger charge is -2.36. The molecule has 23 heavy (non-hydrogen) atoms. The topological polar surface area (TPSA) is 66.4 Å². The number of halogens is 2. The molecule has 1 aromatic carbocycles. The van der Waals surface area contributed by atoms with Gasteiger partial charge in [-0.3, -0.25) is 9.59 Å². The summed E-state index contributed by atoms with van der Waals surface area (Å²) in [5, 5.41) is 11.7. The number of nitrogens with one attached hydrogen (secondary N) is 1. The number of carboxylic acid groups (broad SMARTS) is 1. The highest BCUT2D eigenvalue weighted by Crippen LogP contribution is 2.48. The van der Waals surface area contributed by atoms with Crippen molar-refractivity contribution in [2.24, 2.45) is 5.92 Å². The lowest BCUT2D eigenvalue weighted by atomic mass is 9.76. The lowest BCUT2D eigenvalue weighted by Crippen LogP contribution is -2.47. The molecular formula is C17H19F2NO3. The van der Waals surface area contributed by atoms with Gasteiger partial charge in [0.1, 0.15) is 0 Å². The van der Waals surface area contributed by atoms with Crippen LogP contribution in [-0.4, -0.2) is 28.9 Å². The Morgan fingerprint density at radius 1 is 1.26 bits per heavy atom. The Morgan fingerprint density at radius 3 is 2.57 bits per heavy atom. The fourth-order valence-electron chi connectivity index (χ4n) is 3.31. The minimum absolute atomic E-state index is 0.0232. The van der Waals surface area contributed by atoms with Crippen LogP contribution in [0.15, 0.2) is 24.3 Å². The van der Waals surface area contributed by atoms with Crippen molar-refractivity contribution in [1.82, 2.24) is 5.32 Å². The second-order valence-corrected chi connectivity index (χ2v) is 6.60. The molecule has 2 aliphatic rings. The summed E-state index contributed by atoms with van der Waals surface area (Å²) in [6.45, 7) is 0. The SMILES string of the molecule is O=C(O)C[C@@H]1CC[C@@H]1NC(=O)c1cccc(C2CC(F)(F)C2)c1. The molecule has 2 N–H and O–H groups in total. The first-order chi connectivity index (χ1) is 10.8. The van der Waals surface area contributed by atoms with E-state index in [4.69, 9.17) is 5.11 Å². The van der Waals surface area contributed by atoms with Gasteiger partial charge in [0, 0.05) is 24.4 Å². The van der Waals surface area contributed by atoms with Gasteiger partial charge in [0.15, 0.2) is 0 Å². The van der Waals surface area contributed by atoms with Crippen molar-refractivity contribution in [1.29, 1.82) is 0 Å². The van der Waals surface area contributed by atoms with Crippen molar-refractivity contribution in [2.45, 2.75) is 50.0 Å². The minimum Gasteiger partial charge on any atom is -0.481 e. The quantitative estimate of drug-likeness (QED) is 0.874. The molecule has 1 amide bonds. The fraction of sp³-hybridized carbons (Fsp3) is 0.529. The molecule has 0 unspecified atom stereocenters. The number of aliphatic carboxylic acids is 1. The molecule has 0 heterocycles. The summed E-state index contributed by atoms with van der Waals surface area (Å²) < 4.78 is 26.0. The van der Waals surface area contributed by atoms with Gasteiger partial charge in [0.25, 0.3) is 5.91 Å². The number of carbonyl (C=O) groups excluding carboxylic acids is 1. The van der Waals surface area contributed by atoms with Crippen molar-refractivity contribution in [3.63, 3.8) is 0 Å². The Hall–Kier alpha value is -1.98. The Labute approximate surface area is 132 Å². The number of carboxylic acids is 1. The zero-order valence-electron chi connectivity index (χ0n) is 12.6. The van der Waals surface area contributed by atoms with Crippen LogP contribution in [-0.2, 0) is 4.79 Å². The first-order valence-electron chi connectivity index (χ1n) is 7.84. The molecule has 2 atom stereocenters. The number of amides is 1. The molecule has 2 aliphatic carbocycles. The van der Waals surface area contributed by atoms with Crippen LogP contribution in [0, 0.1) is 5.92 Å². The molecule has 3 rings (SSSR count). The zero-order chi connectivity index (χ0) is 16.6. The van der Waals surface area contributed by atoms with Gasteiger partial charge in [0.05, 0.1) is 6.42 Å². The molecule has 0 radical (unpaired) electrons. The van der Waals surface area contributed by atoms with Gasteiger partial charge in [-0.05, 0) is 42.4 Å². The van der Waals surface area contributed by atoms with E-state index in [1.54, 1.807) is 24.3 Å². The summed E-state index contributed by atoms with van der Waals surface area (Å²) in [5.41, 5.74) is 1.21. The van der Waals surface area contributed by atoms with Crippen LogP contribution < -0.4 is 5.32 Å². The number of rotatable bonds is 5. The molecule has 2 saturated carbocycles. The van der Waals surface area contributed by atoms with Crippen molar-refractivity contribution in [3.8, 4) is 0 Å². The minimum atomic E-state index is -2.58. The monoisotopic (exact) mass is 323 g/mol. The predicted octanol–water partition coefficient (Wildman–Crippen LogP) is 3.18. The maximum Gasteiger partial charge on any atom is 0.303 e. The molecule has 0 aromatic heterocycles. The first kappa shape index (κ1) is 15.9. The highest BCUT2D eigenvalue weighted by atomic mass is 19.3. The summed E-state index contributed by atoms with van der Waals surface area (Å²) in [4.78, 5) is 23.0. The molecule has 0 aliphatic heterocycles. The third-order valence-electron chi connectivity index (χ3n) is 4.88.